The van der Waals surface area contributed by atoms with Gasteiger partial charge in [-0.2, -0.15) is 0 Å². The van der Waals surface area contributed by atoms with Crippen molar-refractivity contribution in [1.29, 1.82) is 0 Å². The lowest BCUT2D eigenvalue weighted by molar-refractivity contribution is -0.142. The molecular weight excluding hydrogens is 470 g/mol. The van der Waals surface area contributed by atoms with Crippen LogP contribution in [0.5, 0.6) is 5.75 Å². The molecule has 0 bridgehead atoms. The Morgan fingerprint density at radius 3 is 2.57 bits per heavy atom. The van der Waals surface area contributed by atoms with Gasteiger partial charge in [0, 0.05) is 24.9 Å². The maximum atomic E-state index is 13.0. The minimum absolute atomic E-state index is 0.116. The molecule has 0 aliphatic carbocycles. The summed E-state index contributed by atoms with van der Waals surface area (Å²) in [7, 11) is 1.27. The fourth-order valence-corrected chi connectivity index (χ4v) is 4.07. The van der Waals surface area contributed by atoms with Crippen molar-refractivity contribution in [2.75, 3.05) is 7.11 Å². The number of nitrogens with one attached hydrogen (secondary N) is 1. The smallest absolute Gasteiger partial charge is 0.328 e. The van der Waals surface area contributed by atoms with Gasteiger partial charge in [-0.1, -0.05) is 49.2 Å². The number of methoxy groups -OCH3 is 1. The molecule has 3 rings (SSSR count). The molecule has 0 saturated heterocycles. The van der Waals surface area contributed by atoms with Crippen molar-refractivity contribution >= 4 is 23.5 Å². The van der Waals surface area contributed by atoms with Crippen LogP contribution in [-0.4, -0.2) is 44.8 Å². The molecule has 0 unspecified atom stereocenters. The topological polar surface area (TPSA) is 114 Å². The second-order valence-electron chi connectivity index (χ2n) is 8.23. The van der Waals surface area contributed by atoms with Crippen LogP contribution in [0, 0.1) is 0 Å². The summed E-state index contributed by atoms with van der Waals surface area (Å²) in [5.41, 5.74) is 2.51. The molecule has 3 N–H and O–H groups in total. The number of carbonyl (C=O) groups excluding carboxylic acids is 2. The zero-order valence-electron chi connectivity index (χ0n) is 19.8. The fourth-order valence-electron chi connectivity index (χ4n) is 3.81. The number of benzene rings is 2. The molecule has 0 spiro atoms. The first-order chi connectivity index (χ1) is 16.9. The van der Waals surface area contributed by atoms with Crippen molar-refractivity contribution in [2.45, 2.75) is 51.8 Å². The number of imidazole rings is 1. The van der Waals surface area contributed by atoms with Crippen LogP contribution in [0.3, 0.4) is 0 Å². The van der Waals surface area contributed by atoms with Crippen LogP contribution in [0.25, 0.3) is 0 Å². The SMILES string of the molecule is CCCCc1nc(Cl)c(CO)n1Cc1cccc(C(=O)N[C@@H](Cc2ccc(O)cc2)C(=O)OC)c1. The van der Waals surface area contributed by atoms with Gasteiger partial charge in [-0.15, -0.1) is 0 Å². The van der Waals surface area contributed by atoms with Crippen molar-refractivity contribution in [3.8, 4) is 5.75 Å². The zero-order chi connectivity index (χ0) is 25.4. The number of aromatic hydroxyl groups is 1. The van der Waals surface area contributed by atoms with Crippen molar-refractivity contribution in [1.82, 2.24) is 14.9 Å². The molecule has 0 saturated carbocycles. The first-order valence-corrected chi connectivity index (χ1v) is 11.8. The summed E-state index contributed by atoms with van der Waals surface area (Å²) < 4.78 is 6.76. The number of amides is 1. The molecule has 0 fully saturated rings. The number of rotatable bonds is 11. The number of aliphatic hydroxyl groups is 1. The molecule has 1 heterocycles. The highest BCUT2D eigenvalue weighted by molar-refractivity contribution is 6.30. The number of aliphatic hydroxyl groups excluding tert-OH is 1. The second-order valence-corrected chi connectivity index (χ2v) is 8.59. The van der Waals surface area contributed by atoms with Crippen LogP contribution < -0.4 is 5.32 Å². The Bertz CT molecular complexity index is 1160. The summed E-state index contributed by atoms with van der Waals surface area (Å²) in [6.45, 7) is 2.24. The van der Waals surface area contributed by atoms with E-state index < -0.39 is 17.9 Å². The van der Waals surface area contributed by atoms with E-state index in [-0.39, 0.29) is 23.9 Å². The van der Waals surface area contributed by atoms with Gasteiger partial charge in [-0.3, -0.25) is 4.79 Å². The van der Waals surface area contributed by atoms with Crippen LogP contribution in [0.1, 0.15) is 52.8 Å². The van der Waals surface area contributed by atoms with Gasteiger partial charge in [0.15, 0.2) is 5.15 Å². The Morgan fingerprint density at radius 2 is 1.91 bits per heavy atom. The van der Waals surface area contributed by atoms with E-state index in [1.165, 1.54) is 19.2 Å². The van der Waals surface area contributed by atoms with Crippen molar-refractivity contribution in [3.05, 3.63) is 81.9 Å². The molecule has 8 nitrogen and oxygen atoms in total. The van der Waals surface area contributed by atoms with E-state index in [4.69, 9.17) is 16.3 Å². The number of phenolic OH excluding ortho intramolecular Hbond substituents is 1. The molecule has 186 valence electrons. The Hall–Kier alpha value is -3.36. The molecule has 0 aliphatic rings. The lowest BCUT2D eigenvalue weighted by Crippen LogP contribution is -2.43. The average Bonchev–Trinajstić information content (AvgIpc) is 3.16. The second kappa shape index (κ2) is 12.4. The molecule has 0 radical (unpaired) electrons. The van der Waals surface area contributed by atoms with E-state index in [2.05, 4.69) is 17.2 Å². The highest BCUT2D eigenvalue weighted by Crippen LogP contribution is 2.21. The number of carbonyl (C=O) groups is 2. The summed E-state index contributed by atoms with van der Waals surface area (Å²) in [5, 5.41) is 22.3. The van der Waals surface area contributed by atoms with Crippen LogP contribution in [0.4, 0.5) is 0 Å². The van der Waals surface area contributed by atoms with Gasteiger partial charge < -0.3 is 24.8 Å². The van der Waals surface area contributed by atoms with E-state index >= 15 is 0 Å². The van der Waals surface area contributed by atoms with E-state index in [9.17, 15) is 19.8 Å². The number of halogens is 1. The minimum Gasteiger partial charge on any atom is -0.508 e. The lowest BCUT2D eigenvalue weighted by atomic mass is 10.0. The van der Waals surface area contributed by atoms with E-state index in [1.54, 1.807) is 30.3 Å². The first kappa shape index (κ1) is 26.2. The van der Waals surface area contributed by atoms with E-state index in [0.29, 0.717) is 17.8 Å². The highest BCUT2D eigenvalue weighted by atomic mass is 35.5. The number of hydrogen-bond donors (Lipinski definition) is 3. The Balaban J connectivity index is 1.79. The van der Waals surface area contributed by atoms with Gasteiger partial charge in [0.2, 0.25) is 0 Å². The van der Waals surface area contributed by atoms with Gasteiger partial charge in [-0.25, -0.2) is 9.78 Å². The molecule has 1 atom stereocenters. The normalized spacial score (nSPS) is 11.8. The number of aromatic nitrogens is 2. The fraction of sp³-hybridized carbons (Fsp3) is 0.346. The number of phenols is 1. The number of esters is 1. The molecular formula is C26H30ClN3O5. The largest absolute Gasteiger partial charge is 0.508 e. The molecule has 1 amide bonds. The maximum absolute atomic E-state index is 13.0. The monoisotopic (exact) mass is 499 g/mol. The van der Waals surface area contributed by atoms with Gasteiger partial charge in [0.1, 0.15) is 17.6 Å². The number of nitrogens with zero attached hydrogens (tertiary/aromatic N) is 2. The molecule has 35 heavy (non-hydrogen) atoms. The first-order valence-electron chi connectivity index (χ1n) is 11.5. The lowest BCUT2D eigenvalue weighted by Gasteiger charge is -2.17. The van der Waals surface area contributed by atoms with Crippen molar-refractivity contribution in [2.24, 2.45) is 0 Å². The molecule has 1 aromatic heterocycles. The summed E-state index contributed by atoms with van der Waals surface area (Å²) in [4.78, 5) is 29.8. The molecule has 3 aromatic rings. The predicted octanol–water partition coefficient (Wildman–Crippen LogP) is 3.64. The van der Waals surface area contributed by atoms with Crippen molar-refractivity contribution < 1.29 is 24.5 Å². The number of aryl methyl sites for hydroxylation is 1. The summed E-state index contributed by atoms with van der Waals surface area (Å²) in [6, 6.07) is 12.6. The summed E-state index contributed by atoms with van der Waals surface area (Å²) >= 11 is 6.24. The van der Waals surface area contributed by atoms with Crippen LogP contribution >= 0.6 is 11.6 Å². The molecule has 2 aromatic carbocycles. The van der Waals surface area contributed by atoms with Gasteiger partial charge in [-0.05, 0) is 41.8 Å². The maximum Gasteiger partial charge on any atom is 0.328 e. The van der Waals surface area contributed by atoms with Crippen LogP contribution in [-0.2, 0) is 35.5 Å². The zero-order valence-corrected chi connectivity index (χ0v) is 20.6. The Kier molecular flexibility index (Phi) is 9.28. The van der Waals surface area contributed by atoms with Gasteiger partial charge in [0.25, 0.3) is 5.91 Å². The summed E-state index contributed by atoms with van der Waals surface area (Å²) in [5.74, 6) is -0.0805. The van der Waals surface area contributed by atoms with Crippen LogP contribution in [0.2, 0.25) is 5.15 Å². The standard InChI is InChI=1S/C26H30ClN3O5/c1-3-4-8-23-29-24(27)22(16-31)30(23)15-18-6-5-7-19(13-18)25(33)28-21(26(34)35-2)14-17-9-11-20(32)12-10-17/h5-7,9-13,21,31-32H,3-4,8,14-16H2,1-2H3,(H,28,33)/t21-/m0/s1. The van der Waals surface area contributed by atoms with Crippen LogP contribution in [0.15, 0.2) is 48.5 Å². The number of ether oxygens (including phenoxy) is 1. The van der Waals surface area contributed by atoms with E-state index in [0.717, 1.165) is 36.2 Å². The Labute approximate surface area is 209 Å². The predicted molar refractivity (Wildman–Crippen MR) is 132 cm³/mol. The third kappa shape index (κ3) is 6.83. The van der Waals surface area contributed by atoms with E-state index in [1.807, 2.05) is 10.6 Å². The number of hydrogen-bond acceptors (Lipinski definition) is 6. The number of unbranched alkanes of at least 4 members (excludes halogenated alkanes) is 1. The quantitative estimate of drug-likeness (QED) is 0.347. The molecule has 0 aliphatic heterocycles. The third-order valence-corrected chi connectivity index (χ3v) is 6.01. The minimum atomic E-state index is -0.894. The van der Waals surface area contributed by atoms with Gasteiger partial charge in [0.05, 0.1) is 19.4 Å². The average molecular weight is 500 g/mol. The van der Waals surface area contributed by atoms with Gasteiger partial charge >= 0.3 is 5.97 Å². The third-order valence-electron chi connectivity index (χ3n) is 5.70. The Morgan fingerprint density at radius 1 is 1.17 bits per heavy atom. The van der Waals surface area contributed by atoms with Crippen molar-refractivity contribution in [3.63, 3.8) is 0 Å². The molecule has 9 heteroatoms. The summed E-state index contributed by atoms with van der Waals surface area (Å²) in [6.07, 6.45) is 2.89. The highest BCUT2D eigenvalue weighted by Gasteiger charge is 2.23.